The molecule has 0 N–H and O–H groups in total. The van der Waals surface area contributed by atoms with Gasteiger partial charge in [-0.05, 0) is 35.4 Å². The third kappa shape index (κ3) is 3.81. The Labute approximate surface area is 167 Å². The number of ether oxygens (including phenoxy) is 1. The summed E-state index contributed by atoms with van der Waals surface area (Å²) in [4.78, 5) is 17.9. The summed E-state index contributed by atoms with van der Waals surface area (Å²) < 4.78 is 8.36. The molecule has 0 saturated heterocycles. The van der Waals surface area contributed by atoms with Crippen molar-refractivity contribution in [3.63, 3.8) is 0 Å². The number of para-hydroxylation sites is 1. The number of methoxy groups -OCH3 is 1. The van der Waals surface area contributed by atoms with Crippen LogP contribution in [0.5, 0.6) is 0 Å². The first kappa shape index (κ1) is 18.3. The van der Waals surface area contributed by atoms with Crippen LogP contribution in [-0.4, -0.2) is 24.2 Å². The molecule has 3 aromatic carbocycles. The topological polar surface area (TPSA) is 43.6 Å². The third-order valence-corrected chi connectivity index (χ3v) is 5.60. The van der Waals surface area contributed by atoms with Crippen LogP contribution in [-0.2, 0) is 11.3 Å². The van der Waals surface area contributed by atoms with Gasteiger partial charge in [0.05, 0.1) is 16.8 Å². The minimum Gasteiger partial charge on any atom is -0.383 e. The fourth-order valence-electron chi connectivity index (χ4n) is 3.09. The number of hydrogen-bond acceptors (Lipinski definition) is 3. The molecule has 0 aliphatic carbocycles. The van der Waals surface area contributed by atoms with Crippen LogP contribution in [0.15, 0.2) is 83.9 Å². The number of thiazole rings is 1. The van der Waals surface area contributed by atoms with Gasteiger partial charge in [0.15, 0.2) is 4.80 Å². The molecule has 0 saturated carbocycles. The van der Waals surface area contributed by atoms with E-state index in [0.29, 0.717) is 23.5 Å². The Morgan fingerprint density at radius 3 is 2.36 bits per heavy atom. The van der Waals surface area contributed by atoms with E-state index in [4.69, 9.17) is 4.74 Å². The summed E-state index contributed by atoms with van der Waals surface area (Å²) >= 11 is 1.52. The van der Waals surface area contributed by atoms with Crippen molar-refractivity contribution in [3.8, 4) is 11.1 Å². The largest absolute Gasteiger partial charge is 0.383 e. The van der Waals surface area contributed by atoms with Crippen molar-refractivity contribution in [2.75, 3.05) is 13.7 Å². The molecule has 0 fully saturated rings. The van der Waals surface area contributed by atoms with Crippen LogP contribution in [0.4, 0.5) is 0 Å². The van der Waals surface area contributed by atoms with Crippen LogP contribution < -0.4 is 4.80 Å². The molecule has 140 valence electrons. The quantitative estimate of drug-likeness (QED) is 0.495. The SMILES string of the molecule is COCCn1c(=NC(=O)c2ccc(-c3ccccc3)cc2)sc2ccccc21. The first-order valence-corrected chi connectivity index (χ1v) is 9.90. The van der Waals surface area contributed by atoms with Gasteiger partial charge < -0.3 is 9.30 Å². The second-order valence-electron chi connectivity index (χ2n) is 6.36. The third-order valence-electron chi connectivity index (χ3n) is 4.54. The van der Waals surface area contributed by atoms with E-state index in [9.17, 15) is 4.79 Å². The Kier molecular flexibility index (Phi) is 5.46. The van der Waals surface area contributed by atoms with Crippen LogP contribution in [0.25, 0.3) is 21.3 Å². The van der Waals surface area contributed by atoms with Crippen LogP contribution in [0.2, 0.25) is 0 Å². The van der Waals surface area contributed by atoms with Crippen molar-refractivity contribution < 1.29 is 9.53 Å². The standard InChI is InChI=1S/C23H20N2O2S/c1-27-16-15-25-20-9-5-6-10-21(20)28-23(25)24-22(26)19-13-11-18(12-14-19)17-7-3-2-4-8-17/h2-14H,15-16H2,1H3. The number of nitrogens with zero attached hydrogens (tertiary/aromatic N) is 2. The van der Waals surface area contributed by atoms with Crippen molar-refractivity contribution in [3.05, 3.63) is 89.2 Å². The molecule has 0 bridgehead atoms. The molecular weight excluding hydrogens is 368 g/mol. The molecule has 28 heavy (non-hydrogen) atoms. The maximum absolute atomic E-state index is 12.8. The van der Waals surface area contributed by atoms with Crippen LogP contribution >= 0.6 is 11.3 Å². The number of carbonyl (C=O) groups is 1. The summed E-state index contributed by atoms with van der Waals surface area (Å²) in [6, 6.07) is 25.8. The number of fused-ring (bicyclic) bond motifs is 1. The molecule has 4 nitrogen and oxygen atoms in total. The lowest BCUT2D eigenvalue weighted by Crippen LogP contribution is -2.19. The van der Waals surface area contributed by atoms with Gasteiger partial charge in [-0.3, -0.25) is 4.79 Å². The number of hydrogen-bond donors (Lipinski definition) is 0. The van der Waals surface area contributed by atoms with Crippen LogP contribution in [0, 0.1) is 0 Å². The van der Waals surface area contributed by atoms with Gasteiger partial charge in [0.25, 0.3) is 5.91 Å². The maximum Gasteiger partial charge on any atom is 0.279 e. The molecule has 4 rings (SSSR count). The van der Waals surface area contributed by atoms with Gasteiger partial charge in [-0.2, -0.15) is 4.99 Å². The molecule has 0 aliphatic rings. The lowest BCUT2D eigenvalue weighted by atomic mass is 10.0. The molecule has 0 aliphatic heterocycles. The highest BCUT2D eigenvalue weighted by atomic mass is 32.1. The first-order valence-electron chi connectivity index (χ1n) is 9.08. The number of carbonyl (C=O) groups excluding carboxylic acids is 1. The number of benzene rings is 3. The highest BCUT2D eigenvalue weighted by Crippen LogP contribution is 2.20. The van der Waals surface area contributed by atoms with Gasteiger partial charge in [0.1, 0.15) is 0 Å². The van der Waals surface area contributed by atoms with Gasteiger partial charge >= 0.3 is 0 Å². The summed E-state index contributed by atoms with van der Waals surface area (Å²) in [6.45, 7) is 1.22. The van der Waals surface area contributed by atoms with E-state index in [1.807, 2.05) is 71.3 Å². The highest BCUT2D eigenvalue weighted by Gasteiger charge is 2.09. The second kappa shape index (κ2) is 8.33. The molecule has 0 radical (unpaired) electrons. The Morgan fingerprint density at radius 1 is 0.929 bits per heavy atom. The zero-order chi connectivity index (χ0) is 19.3. The highest BCUT2D eigenvalue weighted by molar-refractivity contribution is 7.16. The Hall–Kier alpha value is -3.02. The summed E-state index contributed by atoms with van der Waals surface area (Å²) in [5, 5.41) is 0. The van der Waals surface area contributed by atoms with Gasteiger partial charge in [-0.25, -0.2) is 0 Å². The van der Waals surface area contributed by atoms with Crippen molar-refractivity contribution in [1.29, 1.82) is 0 Å². The summed E-state index contributed by atoms with van der Waals surface area (Å²) in [5.41, 5.74) is 3.85. The van der Waals surface area contributed by atoms with Gasteiger partial charge in [-0.1, -0.05) is 65.9 Å². The van der Waals surface area contributed by atoms with Crippen molar-refractivity contribution in [2.45, 2.75) is 6.54 Å². The van der Waals surface area contributed by atoms with E-state index < -0.39 is 0 Å². The molecule has 1 amide bonds. The number of amides is 1. The fourth-order valence-corrected chi connectivity index (χ4v) is 4.15. The minimum atomic E-state index is -0.239. The molecule has 5 heteroatoms. The molecular formula is C23H20N2O2S. The average molecular weight is 388 g/mol. The molecule has 0 atom stereocenters. The monoisotopic (exact) mass is 388 g/mol. The van der Waals surface area contributed by atoms with Gasteiger partial charge in [0.2, 0.25) is 0 Å². The zero-order valence-electron chi connectivity index (χ0n) is 15.5. The minimum absolute atomic E-state index is 0.239. The van der Waals surface area contributed by atoms with E-state index in [2.05, 4.69) is 17.1 Å². The van der Waals surface area contributed by atoms with Crippen LogP contribution in [0.1, 0.15) is 10.4 Å². The molecule has 0 spiro atoms. The lowest BCUT2D eigenvalue weighted by molar-refractivity contribution is 0.0997. The van der Waals surface area contributed by atoms with E-state index >= 15 is 0 Å². The van der Waals surface area contributed by atoms with E-state index in [1.54, 1.807) is 7.11 Å². The van der Waals surface area contributed by atoms with E-state index in [-0.39, 0.29) is 5.91 Å². The first-order chi connectivity index (χ1) is 13.8. The number of rotatable bonds is 5. The Balaban J connectivity index is 1.68. The molecule has 4 aromatic rings. The fraction of sp³-hybridized carbons (Fsp3) is 0.130. The normalized spacial score (nSPS) is 11.8. The van der Waals surface area contributed by atoms with Gasteiger partial charge in [-0.15, -0.1) is 0 Å². The van der Waals surface area contributed by atoms with Gasteiger partial charge in [0, 0.05) is 19.2 Å². The smallest absolute Gasteiger partial charge is 0.279 e. The summed E-state index contributed by atoms with van der Waals surface area (Å²) in [7, 11) is 1.67. The summed E-state index contributed by atoms with van der Waals surface area (Å²) in [5.74, 6) is -0.239. The van der Waals surface area contributed by atoms with Crippen molar-refractivity contribution in [1.82, 2.24) is 4.57 Å². The lowest BCUT2D eigenvalue weighted by Gasteiger charge is -2.04. The number of aromatic nitrogens is 1. The molecule has 0 unspecified atom stereocenters. The summed E-state index contributed by atoms with van der Waals surface area (Å²) in [6.07, 6.45) is 0. The van der Waals surface area contributed by atoms with E-state index in [1.165, 1.54) is 11.3 Å². The Morgan fingerprint density at radius 2 is 1.61 bits per heavy atom. The Bertz CT molecular complexity index is 1160. The van der Waals surface area contributed by atoms with Crippen molar-refractivity contribution >= 4 is 27.5 Å². The maximum atomic E-state index is 12.8. The van der Waals surface area contributed by atoms with Crippen molar-refractivity contribution in [2.24, 2.45) is 4.99 Å². The molecule has 1 heterocycles. The average Bonchev–Trinajstić information content (AvgIpc) is 3.10. The predicted octanol–water partition coefficient (Wildman–Crippen LogP) is 4.76. The predicted molar refractivity (Wildman–Crippen MR) is 113 cm³/mol. The molecule has 1 aromatic heterocycles. The van der Waals surface area contributed by atoms with E-state index in [0.717, 1.165) is 21.3 Å². The zero-order valence-corrected chi connectivity index (χ0v) is 16.4. The second-order valence-corrected chi connectivity index (χ2v) is 7.37. The van der Waals surface area contributed by atoms with Crippen LogP contribution in [0.3, 0.4) is 0 Å².